The number of rotatable bonds is 4. The second-order valence-electron chi connectivity index (χ2n) is 12.5. The van der Waals surface area contributed by atoms with Crippen LogP contribution in [0.3, 0.4) is 0 Å². The fourth-order valence-corrected chi connectivity index (χ4v) is 7.01. The molecular weight excluding hydrogens is 562 g/mol. The molecule has 2 aromatic heterocycles. The highest BCUT2D eigenvalue weighted by Gasteiger charge is 2.35. The van der Waals surface area contributed by atoms with Gasteiger partial charge in [-0.3, -0.25) is 0 Å². The van der Waals surface area contributed by atoms with E-state index in [0.717, 1.165) is 44.2 Å². The van der Waals surface area contributed by atoms with Gasteiger partial charge in [-0.2, -0.15) is 0 Å². The first-order chi connectivity index (χ1) is 22.5. The number of aromatic nitrogens is 3. The van der Waals surface area contributed by atoms with Gasteiger partial charge in [-0.15, -0.1) is 0 Å². The molecule has 0 saturated carbocycles. The van der Waals surface area contributed by atoms with Gasteiger partial charge in [0.2, 0.25) is 0 Å². The summed E-state index contributed by atoms with van der Waals surface area (Å²) < 4.78 is 6.41. The van der Waals surface area contributed by atoms with E-state index in [4.69, 9.17) is 19.4 Å². The average molecular weight is 592 g/mol. The van der Waals surface area contributed by atoms with Crippen LogP contribution in [0.15, 0.2) is 144 Å². The molecule has 0 bridgehead atoms. The summed E-state index contributed by atoms with van der Waals surface area (Å²) in [6.45, 7) is 4.64. The summed E-state index contributed by atoms with van der Waals surface area (Å²) in [7, 11) is 0. The fourth-order valence-electron chi connectivity index (χ4n) is 7.01. The van der Waals surface area contributed by atoms with Crippen molar-refractivity contribution in [1.82, 2.24) is 15.0 Å². The van der Waals surface area contributed by atoms with Crippen molar-refractivity contribution in [2.75, 3.05) is 0 Å². The Morgan fingerprint density at radius 1 is 0.435 bits per heavy atom. The Bertz CT molecular complexity index is 2380. The van der Waals surface area contributed by atoms with E-state index in [9.17, 15) is 0 Å². The van der Waals surface area contributed by atoms with Gasteiger partial charge >= 0.3 is 0 Å². The van der Waals surface area contributed by atoms with E-state index in [-0.39, 0.29) is 5.41 Å². The Labute approximate surface area is 267 Å². The lowest BCUT2D eigenvalue weighted by Crippen LogP contribution is -2.14. The third kappa shape index (κ3) is 4.11. The van der Waals surface area contributed by atoms with Gasteiger partial charge in [0.25, 0.3) is 0 Å². The minimum absolute atomic E-state index is 0.0624. The third-order valence-electron chi connectivity index (χ3n) is 9.35. The van der Waals surface area contributed by atoms with E-state index in [2.05, 4.69) is 80.6 Å². The Balaban J connectivity index is 1.23. The summed E-state index contributed by atoms with van der Waals surface area (Å²) in [5.41, 5.74) is 12.1. The summed E-state index contributed by atoms with van der Waals surface area (Å²) in [6, 6.07) is 48.4. The second kappa shape index (κ2) is 10.1. The van der Waals surface area contributed by atoms with Gasteiger partial charge in [-0.25, -0.2) is 15.0 Å². The first-order valence-corrected chi connectivity index (χ1v) is 15.6. The zero-order valence-electron chi connectivity index (χ0n) is 25.5. The van der Waals surface area contributed by atoms with E-state index in [1.165, 1.54) is 27.8 Å². The van der Waals surface area contributed by atoms with E-state index in [1.54, 1.807) is 0 Å². The predicted molar refractivity (Wildman–Crippen MR) is 186 cm³/mol. The van der Waals surface area contributed by atoms with E-state index < -0.39 is 0 Å². The molecule has 0 aliphatic heterocycles. The van der Waals surface area contributed by atoms with E-state index in [1.807, 2.05) is 72.8 Å². The van der Waals surface area contributed by atoms with E-state index >= 15 is 0 Å². The quantitative estimate of drug-likeness (QED) is 0.204. The molecule has 0 N–H and O–H groups in total. The van der Waals surface area contributed by atoms with Crippen LogP contribution in [0.1, 0.15) is 25.0 Å². The molecule has 1 aliphatic carbocycles. The Morgan fingerprint density at radius 3 is 1.76 bits per heavy atom. The molecule has 0 atom stereocenters. The maximum atomic E-state index is 6.41. The van der Waals surface area contributed by atoms with Crippen molar-refractivity contribution in [2.45, 2.75) is 19.3 Å². The summed E-state index contributed by atoms with van der Waals surface area (Å²) in [5, 5.41) is 2.03. The number of hydrogen-bond acceptors (Lipinski definition) is 4. The van der Waals surface area contributed by atoms with Crippen molar-refractivity contribution in [1.29, 1.82) is 0 Å². The van der Waals surface area contributed by atoms with Gasteiger partial charge in [0.1, 0.15) is 11.2 Å². The molecule has 0 spiro atoms. The van der Waals surface area contributed by atoms with Crippen LogP contribution in [0.5, 0.6) is 0 Å². The first-order valence-electron chi connectivity index (χ1n) is 15.6. The molecule has 0 unspecified atom stereocenters. The van der Waals surface area contributed by atoms with Crippen molar-refractivity contribution in [3.8, 4) is 56.4 Å². The maximum Gasteiger partial charge on any atom is 0.164 e. The van der Waals surface area contributed by atoms with Crippen LogP contribution in [0.2, 0.25) is 0 Å². The number of benzene rings is 6. The number of furan rings is 1. The highest BCUT2D eigenvalue weighted by Crippen LogP contribution is 2.49. The molecule has 4 nitrogen and oxygen atoms in total. The zero-order chi connectivity index (χ0) is 30.8. The minimum atomic E-state index is -0.0624. The van der Waals surface area contributed by atoms with Gasteiger partial charge in [-0.05, 0) is 57.6 Å². The Morgan fingerprint density at radius 2 is 1.02 bits per heavy atom. The fraction of sp³-hybridized carbons (Fsp3) is 0.0714. The van der Waals surface area contributed by atoms with Gasteiger partial charge in [0.15, 0.2) is 17.5 Å². The standard InChI is InChI=1S/C42H29N3O/c1-42(2)34-18-10-9-16-30(34)31-22-20-29(25-35(31)42)28-21-23-36-33(24-28)38-32(17-11-19-37(38)46-36)41-44-39(26-12-5-3-6-13-26)43-40(45-41)27-14-7-4-8-15-27/h3-25H,1-2H3. The van der Waals surface area contributed by atoms with Crippen LogP contribution in [0.4, 0.5) is 0 Å². The number of hydrogen-bond donors (Lipinski definition) is 0. The summed E-state index contributed by atoms with van der Waals surface area (Å²) in [5.74, 6) is 1.89. The van der Waals surface area contributed by atoms with Crippen molar-refractivity contribution in [2.24, 2.45) is 0 Å². The van der Waals surface area contributed by atoms with Crippen LogP contribution in [-0.4, -0.2) is 15.0 Å². The molecule has 4 heteroatoms. The maximum absolute atomic E-state index is 6.41. The molecule has 218 valence electrons. The monoisotopic (exact) mass is 591 g/mol. The Kier molecular flexibility index (Phi) is 5.81. The number of fused-ring (bicyclic) bond motifs is 6. The van der Waals surface area contributed by atoms with Gasteiger partial charge < -0.3 is 4.42 Å². The summed E-state index contributed by atoms with van der Waals surface area (Å²) >= 11 is 0. The molecule has 8 aromatic rings. The van der Waals surface area contributed by atoms with Gasteiger partial charge in [0, 0.05) is 32.9 Å². The zero-order valence-corrected chi connectivity index (χ0v) is 25.5. The van der Waals surface area contributed by atoms with Crippen LogP contribution < -0.4 is 0 Å². The largest absolute Gasteiger partial charge is 0.456 e. The third-order valence-corrected chi connectivity index (χ3v) is 9.35. The highest BCUT2D eigenvalue weighted by molar-refractivity contribution is 6.12. The van der Waals surface area contributed by atoms with Gasteiger partial charge in [0.05, 0.1) is 0 Å². The molecule has 0 fully saturated rings. The van der Waals surface area contributed by atoms with Crippen molar-refractivity contribution < 1.29 is 4.42 Å². The lowest BCUT2D eigenvalue weighted by molar-refractivity contribution is 0.660. The van der Waals surface area contributed by atoms with Crippen LogP contribution in [-0.2, 0) is 5.41 Å². The minimum Gasteiger partial charge on any atom is -0.456 e. The van der Waals surface area contributed by atoms with Crippen LogP contribution in [0.25, 0.3) is 78.4 Å². The van der Waals surface area contributed by atoms with Gasteiger partial charge in [-0.1, -0.05) is 129 Å². The lowest BCUT2D eigenvalue weighted by atomic mass is 9.81. The second-order valence-corrected chi connectivity index (χ2v) is 12.5. The average Bonchev–Trinajstić information content (AvgIpc) is 3.60. The molecule has 0 amide bonds. The molecule has 46 heavy (non-hydrogen) atoms. The van der Waals surface area contributed by atoms with Crippen molar-refractivity contribution in [3.63, 3.8) is 0 Å². The van der Waals surface area contributed by atoms with Crippen molar-refractivity contribution in [3.05, 3.63) is 151 Å². The highest BCUT2D eigenvalue weighted by atomic mass is 16.3. The molecule has 0 radical (unpaired) electrons. The summed E-state index contributed by atoms with van der Waals surface area (Å²) in [6.07, 6.45) is 0. The lowest BCUT2D eigenvalue weighted by Gasteiger charge is -2.22. The Hall–Kier alpha value is -5.87. The molecular formula is C42H29N3O. The smallest absolute Gasteiger partial charge is 0.164 e. The first kappa shape index (κ1) is 26.5. The molecule has 2 heterocycles. The predicted octanol–water partition coefficient (Wildman–Crippen LogP) is 10.7. The topological polar surface area (TPSA) is 51.8 Å². The number of nitrogens with zero attached hydrogens (tertiary/aromatic N) is 3. The van der Waals surface area contributed by atoms with E-state index in [0.29, 0.717) is 17.5 Å². The van der Waals surface area contributed by atoms with Crippen LogP contribution in [0, 0.1) is 0 Å². The molecule has 1 aliphatic rings. The van der Waals surface area contributed by atoms with Crippen LogP contribution >= 0.6 is 0 Å². The van der Waals surface area contributed by atoms with Crippen molar-refractivity contribution >= 4 is 21.9 Å². The SMILES string of the molecule is CC1(C)c2ccccc2-c2ccc(-c3ccc4oc5cccc(-c6nc(-c7ccccc7)nc(-c7ccccc7)n6)c5c4c3)cc21. The molecule has 6 aromatic carbocycles. The summed E-state index contributed by atoms with van der Waals surface area (Å²) in [4.78, 5) is 14.9. The molecule has 0 saturated heterocycles. The normalized spacial score (nSPS) is 13.2. The molecule has 9 rings (SSSR count).